The van der Waals surface area contributed by atoms with Crippen LogP contribution in [0.25, 0.3) is 0 Å². The molecule has 0 fully saturated rings. The van der Waals surface area contributed by atoms with E-state index in [9.17, 15) is 5.11 Å². The second-order valence-corrected chi connectivity index (χ2v) is 3.05. The zero-order chi connectivity index (χ0) is 8.81. The van der Waals surface area contributed by atoms with Crippen LogP contribution in [0, 0.1) is 0 Å². The van der Waals surface area contributed by atoms with Crippen LogP contribution in [-0.4, -0.2) is 5.11 Å². The average molecular weight is 227 g/mol. The van der Waals surface area contributed by atoms with E-state index >= 15 is 0 Å². The molecule has 64 valence electrons. The normalized spacial score (nSPS) is 13.5. The first-order valence-corrected chi connectivity index (χ1v) is 4.74. The summed E-state index contributed by atoms with van der Waals surface area (Å²) in [6.07, 6.45) is 2.15. The highest BCUT2D eigenvalue weighted by atomic mass is 79.9. The molecule has 1 aromatic carbocycles. The summed E-state index contributed by atoms with van der Waals surface area (Å²) >= 11 is 3.16. The number of halogens is 1. The van der Waals surface area contributed by atoms with Crippen LogP contribution in [0.5, 0.6) is 0 Å². The van der Waals surface area contributed by atoms with Gasteiger partial charge in [0, 0.05) is 0 Å². The first kappa shape index (κ1) is 9.49. The maximum atomic E-state index is 9.58. The van der Waals surface area contributed by atoms with Gasteiger partial charge in [0.05, 0.1) is 6.10 Å². The highest BCUT2D eigenvalue weighted by Gasteiger charge is 2.02. The molecule has 0 spiro atoms. The SMILES string of the molecule is OC(CC=CBr)c1ccccc1. The van der Waals surface area contributed by atoms with Crippen molar-refractivity contribution in [2.45, 2.75) is 12.5 Å². The van der Waals surface area contributed by atoms with E-state index in [2.05, 4.69) is 15.9 Å². The molecule has 2 heteroatoms. The van der Waals surface area contributed by atoms with E-state index in [0.717, 1.165) is 5.56 Å². The van der Waals surface area contributed by atoms with Crippen molar-refractivity contribution in [3.05, 3.63) is 47.0 Å². The molecule has 1 N–H and O–H groups in total. The maximum absolute atomic E-state index is 9.58. The lowest BCUT2D eigenvalue weighted by atomic mass is 10.1. The van der Waals surface area contributed by atoms with Gasteiger partial charge in [0.15, 0.2) is 0 Å². The van der Waals surface area contributed by atoms with E-state index in [1.807, 2.05) is 36.4 Å². The Balaban J connectivity index is 2.59. The Labute approximate surface area is 80.9 Å². The third kappa shape index (κ3) is 2.80. The quantitative estimate of drug-likeness (QED) is 0.841. The second kappa shape index (κ2) is 5.12. The molecule has 1 unspecified atom stereocenters. The summed E-state index contributed by atoms with van der Waals surface area (Å²) in [5.41, 5.74) is 0.961. The molecule has 1 rings (SSSR count). The fourth-order valence-corrected chi connectivity index (χ4v) is 1.21. The zero-order valence-electron chi connectivity index (χ0n) is 6.65. The van der Waals surface area contributed by atoms with Gasteiger partial charge in [-0.05, 0) is 17.0 Å². The monoisotopic (exact) mass is 226 g/mol. The second-order valence-electron chi connectivity index (χ2n) is 2.52. The Morgan fingerprint density at radius 3 is 2.58 bits per heavy atom. The zero-order valence-corrected chi connectivity index (χ0v) is 8.24. The van der Waals surface area contributed by atoms with E-state index in [1.54, 1.807) is 4.99 Å². The number of hydrogen-bond donors (Lipinski definition) is 1. The Morgan fingerprint density at radius 2 is 2.00 bits per heavy atom. The summed E-state index contributed by atoms with van der Waals surface area (Å²) in [4.78, 5) is 1.76. The number of benzene rings is 1. The molecule has 0 aliphatic heterocycles. The predicted molar refractivity (Wildman–Crippen MR) is 54.1 cm³/mol. The van der Waals surface area contributed by atoms with E-state index in [-0.39, 0.29) is 6.10 Å². The van der Waals surface area contributed by atoms with Crippen molar-refractivity contribution in [3.8, 4) is 0 Å². The van der Waals surface area contributed by atoms with E-state index in [1.165, 1.54) is 0 Å². The minimum Gasteiger partial charge on any atom is -0.388 e. The highest BCUT2D eigenvalue weighted by molar-refractivity contribution is 9.11. The van der Waals surface area contributed by atoms with E-state index in [4.69, 9.17) is 0 Å². The average Bonchev–Trinajstić information content (AvgIpc) is 2.15. The Kier molecular flexibility index (Phi) is 4.05. The summed E-state index contributed by atoms with van der Waals surface area (Å²) in [5, 5.41) is 9.58. The minimum absolute atomic E-state index is 0.389. The van der Waals surface area contributed by atoms with Crippen molar-refractivity contribution in [2.24, 2.45) is 0 Å². The van der Waals surface area contributed by atoms with Crippen LogP contribution in [0.15, 0.2) is 41.4 Å². The molecule has 0 aromatic heterocycles. The van der Waals surface area contributed by atoms with Crippen LogP contribution >= 0.6 is 15.9 Å². The molecular weight excluding hydrogens is 216 g/mol. The summed E-state index contributed by atoms with van der Waals surface area (Å²) in [6.45, 7) is 0. The van der Waals surface area contributed by atoms with Crippen molar-refractivity contribution < 1.29 is 5.11 Å². The first-order chi connectivity index (χ1) is 5.84. The van der Waals surface area contributed by atoms with E-state index < -0.39 is 0 Å². The van der Waals surface area contributed by atoms with Gasteiger partial charge in [-0.1, -0.05) is 52.3 Å². The molecule has 12 heavy (non-hydrogen) atoms. The molecule has 0 heterocycles. The number of hydrogen-bond acceptors (Lipinski definition) is 1. The molecule has 1 atom stereocenters. The summed E-state index contributed by atoms with van der Waals surface area (Å²) < 4.78 is 0. The smallest absolute Gasteiger partial charge is 0.0824 e. The lowest BCUT2D eigenvalue weighted by molar-refractivity contribution is 0.181. The number of rotatable bonds is 3. The van der Waals surface area contributed by atoms with Crippen LogP contribution in [0.1, 0.15) is 18.1 Å². The van der Waals surface area contributed by atoms with Crippen molar-refractivity contribution in [2.75, 3.05) is 0 Å². The minimum atomic E-state index is -0.389. The molecule has 0 radical (unpaired) electrons. The standard InChI is InChI=1S/C10H11BrO/c11-8-4-7-10(12)9-5-2-1-3-6-9/h1-6,8,10,12H,7H2. The van der Waals surface area contributed by atoms with Crippen molar-refractivity contribution >= 4 is 15.9 Å². The number of aliphatic hydroxyl groups is 1. The molecular formula is C10H11BrO. The molecule has 0 saturated carbocycles. The maximum Gasteiger partial charge on any atom is 0.0824 e. The topological polar surface area (TPSA) is 20.2 Å². The van der Waals surface area contributed by atoms with Gasteiger partial charge in [-0.15, -0.1) is 0 Å². The Morgan fingerprint density at radius 1 is 1.33 bits per heavy atom. The number of aliphatic hydroxyl groups excluding tert-OH is 1. The molecule has 0 aliphatic carbocycles. The first-order valence-electron chi connectivity index (χ1n) is 3.83. The van der Waals surface area contributed by atoms with Gasteiger partial charge in [0.25, 0.3) is 0 Å². The largest absolute Gasteiger partial charge is 0.388 e. The van der Waals surface area contributed by atoms with Crippen LogP contribution in [-0.2, 0) is 0 Å². The third-order valence-corrected chi connectivity index (χ3v) is 2.01. The van der Waals surface area contributed by atoms with Gasteiger partial charge in [0.1, 0.15) is 0 Å². The highest BCUT2D eigenvalue weighted by Crippen LogP contribution is 2.16. The summed E-state index contributed by atoms with van der Waals surface area (Å²) in [6, 6.07) is 9.64. The van der Waals surface area contributed by atoms with Crippen LogP contribution in [0.2, 0.25) is 0 Å². The van der Waals surface area contributed by atoms with Crippen molar-refractivity contribution in [1.29, 1.82) is 0 Å². The molecule has 0 saturated heterocycles. The van der Waals surface area contributed by atoms with Gasteiger partial charge >= 0.3 is 0 Å². The van der Waals surface area contributed by atoms with Crippen molar-refractivity contribution in [1.82, 2.24) is 0 Å². The van der Waals surface area contributed by atoms with E-state index in [0.29, 0.717) is 6.42 Å². The predicted octanol–water partition coefficient (Wildman–Crippen LogP) is 3.02. The Bertz CT molecular complexity index is 243. The molecule has 0 aliphatic rings. The van der Waals surface area contributed by atoms with Gasteiger partial charge in [-0.25, -0.2) is 0 Å². The van der Waals surface area contributed by atoms with Crippen LogP contribution in [0.4, 0.5) is 0 Å². The van der Waals surface area contributed by atoms with Gasteiger partial charge < -0.3 is 5.11 Å². The van der Waals surface area contributed by atoms with Gasteiger partial charge in [-0.3, -0.25) is 0 Å². The Hall–Kier alpha value is -0.600. The lowest BCUT2D eigenvalue weighted by Crippen LogP contribution is -1.94. The fraction of sp³-hybridized carbons (Fsp3) is 0.200. The molecule has 0 bridgehead atoms. The third-order valence-electron chi connectivity index (χ3n) is 1.63. The molecule has 0 amide bonds. The molecule has 1 nitrogen and oxygen atoms in total. The van der Waals surface area contributed by atoms with Crippen LogP contribution < -0.4 is 0 Å². The molecule has 1 aromatic rings. The summed E-state index contributed by atoms with van der Waals surface area (Å²) in [7, 11) is 0. The van der Waals surface area contributed by atoms with Gasteiger partial charge in [-0.2, -0.15) is 0 Å². The van der Waals surface area contributed by atoms with Gasteiger partial charge in [0.2, 0.25) is 0 Å². The lowest BCUT2D eigenvalue weighted by Gasteiger charge is -2.06. The van der Waals surface area contributed by atoms with Crippen molar-refractivity contribution in [3.63, 3.8) is 0 Å². The van der Waals surface area contributed by atoms with Crippen LogP contribution in [0.3, 0.4) is 0 Å². The fourth-order valence-electron chi connectivity index (χ4n) is 0.992. The summed E-state index contributed by atoms with van der Waals surface area (Å²) in [5.74, 6) is 0.